The van der Waals surface area contributed by atoms with Gasteiger partial charge in [0.15, 0.2) is 0 Å². The summed E-state index contributed by atoms with van der Waals surface area (Å²) in [5.74, 6) is 2.56. The molecule has 0 saturated heterocycles. The molecule has 3 heteroatoms. The van der Waals surface area contributed by atoms with Crippen molar-refractivity contribution in [1.29, 1.82) is 0 Å². The van der Waals surface area contributed by atoms with E-state index in [4.69, 9.17) is 16.3 Å². The lowest BCUT2D eigenvalue weighted by atomic mass is 9.98. The van der Waals surface area contributed by atoms with Crippen LogP contribution in [-0.2, 0) is 5.88 Å². The molecule has 2 aromatic rings. The van der Waals surface area contributed by atoms with Gasteiger partial charge in [-0.25, -0.2) is 0 Å². The zero-order valence-electron chi connectivity index (χ0n) is 11.3. The highest BCUT2D eigenvalue weighted by molar-refractivity contribution is 6.16. The second kappa shape index (κ2) is 6.58. The third-order valence-corrected chi connectivity index (χ3v) is 3.49. The molecule has 0 N–H and O–H groups in total. The molecule has 1 unspecified atom stereocenters. The minimum absolute atomic E-state index is 0.393. The SMILES string of the molecule is CCC(C)c1ccccc1Oc1ccnc(CCl)c1. The van der Waals surface area contributed by atoms with Crippen LogP contribution in [0.3, 0.4) is 0 Å². The van der Waals surface area contributed by atoms with E-state index < -0.39 is 0 Å². The highest BCUT2D eigenvalue weighted by Gasteiger charge is 2.10. The number of pyridine rings is 1. The second-order valence-electron chi connectivity index (χ2n) is 4.57. The van der Waals surface area contributed by atoms with Crippen molar-refractivity contribution in [2.45, 2.75) is 32.1 Å². The van der Waals surface area contributed by atoms with Gasteiger partial charge in [-0.3, -0.25) is 4.98 Å². The zero-order chi connectivity index (χ0) is 13.7. The van der Waals surface area contributed by atoms with Gasteiger partial charge in [0, 0.05) is 12.3 Å². The van der Waals surface area contributed by atoms with E-state index in [1.807, 2.05) is 30.3 Å². The molecule has 1 atom stereocenters. The maximum Gasteiger partial charge on any atom is 0.130 e. The quantitative estimate of drug-likeness (QED) is 0.706. The lowest BCUT2D eigenvalue weighted by molar-refractivity contribution is 0.469. The van der Waals surface area contributed by atoms with Gasteiger partial charge in [-0.1, -0.05) is 32.0 Å². The summed E-state index contributed by atoms with van der Waals surface area (Å²) in [6.07, 6.45) is 2.81. The molecule has 19 heavy (non-hydrogen) atoms. The van der Waals surface area contributed by atoms with Crippen molar-refractivity contribution in [3.8, 4) is 11.5 Å². The molecular weight excluding hydrogens is 258 g/mol. The standard InChI is InChI=1S/C16H18ClNO/c1-3-12(2)15-6-4-5-7-16(15)19-14-8-9-18-13(10-14)11-17/h4-10,12H,3,11H2,1-2H3. The van der Waals surface area contributed by atoms with Crippen LogP contribution >= 0.6 is 11.6 Å². The molecule has 0 amide bonds. The molecule has 100 valence electrons. The van der Waals surface area contributed by atoms with Crippen LogP contribution in [-0.4, -0.2) is 4.98 Å². The second-order valence-corrected chi connectivity index (χ2v) is 4.83. The Bertz CT molecular complexity index is 542. The molecule has 0 aliphatic carbocycles. The maximum atomic E-state index is 5.98. The summed E-state index contributed by atoms with van der Waals surface area (Å²) in [5.41, 5.74) is 2.05. The molecule has 0 aliphatic heterocycles. The first-order chi connectivity index (χ1) is 9.24. The molecule has 0 aliphatic rings. The third-order valence-electron chi connectivity index (χ3n) is 3.22. The molecule has 2 rings (SSSR count). The summed E-state index contributed by atoms with van der Waals surface area (Å²) in [6.45, 7) is 4.39. The van der Waals surface area contributed by atoms with Gasteiger partial charge in [0.25, 0.3) is 0 Å². The fourth-order valence-electron chi connectivity index (χ4n) is 1.92. The van der Waals surface area contributed by atoms with Crippen LogP contribution < -0.4 is 4.74 Å². The average Bonchev–Trinajstić information content (AvgIpc) is 2.47. The number of nitrogens with zero attached hydrogens (tertiary/aromatic N) is 1. The maximum absolute atomic E-state index is 5.98. The van der Waals surface area contributed by atoms with Crippen molar-refractivity contribution < 1.29 is 4.74 Å². The molecule has 1 aromatic heterocycles. The smallest absolute Gasteiger partial charge is 0.130 e. The Labute approximate surface area is 119 Å². The van der Waals surface area contributed by atoms with Crippen molar-refractivity contribution in [3.63, 3.8) is 0 Å². The summed E-state index contributed by atoms with van der Waals surface area (Å²) >= 11 is 5.79. The first-order valence-corrected chi connectivity index (χ1v) is 7.05. The summed E-state index contributed by atoms with van der Waals surface area (Å²) in [5, 5.41) is 0. The van der Waals surface area contributed by atoms with Gasteiger partial charge >= 0.3 is 0 Å². The van der Waals surface area contributed by atoms with Gasteiger partial charge in [-0.15, -0.1) is 11.6 Å². The number of rotatable bonds is 5. The first kappa shape index (κ1) is 13.9. The Kier molecular flexibility index (Phi) is 4.80. The van der Waals surface area contributed by atoms with Gasteiger partial charge < -0.3 is 4.74 Å². The number of hydrogen-bond acceptors (Lipinski definition) is 2. The topological polar surface area (TPSA) is 22.1 Å². The van der Waals surface area contributed by atoms with Crippen LogP contribution in [0.5, 0.6) is 11.5 Å². The van der Waals surface area contributed by atoms with E-state index in [-0.39, 0.29) is 0 Å². The van der Waals surface area contributed by atoms with Gasteiger partial charge in [0.2, 0.25) is 0 Å². The van der Waals surface area contributed by atoms with Crippen LogP contribution in [0.25, 0.3) is 0 Å². The molecule has 0 radical (unpaired) electrons. The molecule has 0 saturated carbocycles. The van der Waals surface area contributed by atoms with E-state index in [0.29, 0.717) is 11.8 Å². The monoisotopic (exact) mass is 275 g/mol. The average molecular weight is 276 g/mol. The van der Waals surface area contributed by atoms with Crippen molar-refractivity contribution in [2.75, 3.05) is 0 Å². The Morgan fingerprint density at radius 3 is 2.79 bits per heavy atom. The van der Waals surface area contributed by atoms with Crippen LogP contribution in [0.2, 0.25) is 0 Å². The van der Waals surface area contributed by atoms with Crippen molar-refractivity contribution >= 4 is 11.6 Å². The molecule has 1 aromatic carbocycles. The van der Waals surface area contributed by atoms with Crippen molar-refractivity contribution in [3.05, 3.63) is 53.9 Å². The fourth-order valence-corrected chi connectivity index (χ4v) is 2.07. The number of aromatic nitrogens is 1. The number of alkyl halides is 1. The van der Waals surface area contributed by atoms with Gasteiger partial charge in [-0.05, 0) is 30.0 Å². The summed E-state index contributed by atoms with van der Waals surface area (Å²) in [6, 6.07) is 11.9. The fraction of sp³-hybridized carbons (Fsp3) is 0.312. The molecule has 2 nitrogen and oxygen atoms in total. The normalized spacial score (nSPS) is 12.2. The minimum atomic E-state index is 0.393. The molecular formula is C16H18ClNO. The molecule has 0 bridgehead atoms. The largest absolute Gasteiger partial charge is 0.457 e. The highest BCUT2D eigenvalue weighted by atomic mass is 35.5. The Morgan fingerprint density at radius 1 is 1.26 bits per heavy atom. The Morgan fingerprint density at radius 2 is 2.05 bits per heavy atom. The minimum Gasteiger partial charge on any atom is -0.457 e. The van der Waals surface area contributed by atoms with Crippen LogP contribution in [0, 0.1) is 0 Å². The van der Waals surface area contributed by atoms with E-state index in [1.54, 1.807) is 6.20 Å². The third kappa shape index (κ3) is 3.48. The zero-order valence-corrected chi connectivity index (χ0v) is 12.0. The lowest BCUT2D eigenvalue weighted by Gasteiger charge is -2.15. The van der Waals surface area contributed by atoms with Gasteiger partial charge in [-0.2, -0.15) is 0 Å². The summed E-state index contributed by atoms with van der Waals surface area (Å²) in [4.78, 5) is 4.16. The predicted octanol–water partition coefficient (Wildman–Crippen LogP) is 5.13. The molecule has 1 heterocycles. The highest BCUT2D eigenvalue weighted by Crippen LogP contribution is 2.32. The number of halogens is 1. The van der Waals surface area contributed by atoms with E-state index in [1.165, 1.54) is 5.56 Å². The van der Waals surface area contributed by atoms with Crippen LogP contribution in [0.1, 0.15) is 37.4 Å². The first-order valence-electron chi connectivity index (χ1n) is 6.52. The van der Waals surface area contributed by atoms with Gasteiger partial charge in [0.05, 0.1) is 11.6 Å². The van der Waals surface area contributed by atoms with Crippen molar-refractivity contribution in [1.82, 2.24) is 4.98 Å². The summed E-state index contributed by atoms with van der Waals surface area (Å²) in [7, 11) is 0. The van der Waals surface area contributed by atoms with Gasteiger partial charge in [0.1, 0.15) is 11.5 Å². The number of hydrogen-bond donors (Lipinski definition) is 0. The van der Waals surface area contributed by atoms with Crippen LogP contribution in [0.4, 0.5) is 0 Å². The summed E-state index contributed by atoms with van der Waals surface area (Å²) < 4.78 is 5.98. The molecule has 0 spiro atoms. The van der Waals surface area contributed by atoms with E-state index >= 15 is 0 Å². The Balaban J connectivity index is 2.27. The predicted molar refractivity (Wildman–Crippen MR) is 79.0 cm³/mol. The Hall–Kier alpha value is -1.54. The molecule has 0 fully saturated rings. The van der Waals surface area contributed by atoms with E-state index in [2.05, 4.69) is 24.9 Å². The van der Waals surface area contributed by atoms with E-state index in [0.717, 1.165) is 23.6 Å². The number of ether oxygens (including phenoxy) is 1. The van der Waals surface area contributed by atoms with Crippen molar-refractivity contribution in [2.24, 2.45) is 0 Å². The number of benzene rings is 1. The van der Waals surface area contributed by atoms with E-state index in [9.17, 15) is 0 Å². The van der Waals surface area contributed by atoms with Crippen LogP contribution in [0.15, 0.2) is 42.6 Å². The lowest BCUT2D eigenvalue weighted by Crippen LogP contribution is -1.96. The number of para-hydroxylation sites is 1.